The molecule has 3 rings (SSSR count). The van der Waals surface area contributed by atoms with E-state index >= 15 is 0 Å². The van der Waals surface area contributed by atoms with Gasteiger partial charge in [0, 0.05) is 18.5 Å². The van der Waals surface area contributed by atoms with Crippen molar-refractivity contribution in [2.24, 2.45) is 0 Å². The Morgan fingerprint density at radius 1 is 1.29 bits per heavy atom. The van der Waals surface area contributed by atoms with Gasteiger partial charge in [-0.1, -0.05) is 30.3 Å². The van der Waals surface area contributed by atoms with Gasteiger partial charge >= 0.3 is 0 Å². The Kier molecular flexibility index (Phi) is 2.40. The van der Waals surface area contributed by atoms with Crippen molar-refractivity contribution in [3.8, 4) is 17.1 Å². The first-order valence-electron chi connectivity index (χ1n) is 5.64. The molecule has 0 spiro atoms. The third kappa shape index (κ3) is 1.62. The van der Waals surface area contributed by atoms with Gasteiger partial charge in [-0.2, -0.15) is 5.10 Å². The summed E-state index contributed by atoms with van der Waals surface area (Å²) in [4.78, 5) is 11.2. The lowest BCUT2D eigenvalue weighted by atomic mass is 10.1. The number of benzene rings is 1. The van der Waals surface area contributed by atoms with Crippen LogP contribution in [-0.2, 0) is 6.54 Å². The maximum absolute atomic E-state index is 11.2. The molecule has 0 fully saturated rings. The van der Waals surface area contributed by atoms with E-state index in [1.165, 1.54) is 0 Å². The molecule has 17 heavy (non-hydrogen) atoms. The Bertz CT molecular complexity index is 546. The highest BCUT2D eigenvalue weighted by atomic mass is 16.5. The Morgan fingerprint density at radius 2 is 2.12 bits per heavy atom. The first-order valence-corrected chi connectivity index (χ1v) is 5.64. The van der Waals surface area contributed by atoms with Crippen molar-refractivity contribution in [2.45, 2.75) is 13.0 Å². The van der Waals surface area contributed by atoms with Crippen molar-refractivity contribution in [1.82, 2.24) is 9.78 Å². The smallest absolute Gasteiger partial charge is 0.223 e. The third-order valence-corrected chi connectivity index (χ3v) is 2.86. The molecule has 0 aliphatic carbocycles. The summed E-state index contributed by atoms with van der Waals surface area (Å²) in [5, 5.41) is 4.45. The summed E-state index contributed by atoms with van der Waals surface area (Å²) < 4.78 is 7.29. The van der Waals surface area contributed by atoms with Gasteiger partial charge in [0.1, 0.15) is 11.3 Å². The minimum atomic E-state index is 0.552. The molecular formula is C13H12N2O2. The molecule has 4 nitrogen and oxygen atoms in total. The van der Waals surface area contributed by atoms with Crippen molar-refractivity contribution in [2.75, 3.05) is 6.61 Å². The zero-order valence-electron chi connectivity index (χ0n) is 9.30. The molecule has 0 atom stereocenters. The quantitative estimate of drug-likeness (QED) is 0.740. The van der Waals surface area contributed by atoms with Gasteiger partial charge in [0.25, 0.3) is 0 Å². The maximum atomic E-state index is 11.2. The molecular weight excluding hydrogens is 216 g/mol. The van der Waals surface area contributed by atoms with E-state index in [2.05, 4.69) is 5.10 Å². The molecule has 1 aliphatic rings. The number of aromatic nitrogens is 2. The molecule has 1 aromatic carbocycles. The van der Waals surface area contributed by atoms with Crippen LogP contribution in [0.2, 0.25) is 0 Å². The maximum Gasteiger partial charge on any atom is 0.223 e. The molecule has 4 heteroatoms. The summed E-state index contributed by atoms with van der Waals surface area (Å²) in [6, 6.07) is 9.70. The average molecular weight is 228 g/mol. The van der Waals surface area contributed by atoms with Crippen molar-refractivity contribution >= 4 is 6.29 Å². The van der Waals surface area contributed by atoms with E-state index in [-0.39, 0.29) is 0 Å². The van der Waals surface area contributed by atoms with Crippen LogP contribution in [0.25, 0.3) is 11.3 Å². The minimum absolute atomic E-state index is 0.552. The molecule has 2 heterocycles. The van der Waals surface area contributed by atoms with Crippen LogP contribution in [0.1, 0.15) is 16.8 Å². The van der Waals surface area contributed by atoms with Gasteiger partial charge in [0.15, 0.2) is 6.29 Å². The lowest BCUT2D eigenvalue weighted by Crippen LogP contribution is -2.15. The lowest BCUT2D eigenvalue weighted by molar-refractivity contribution is 0.111. The summed E-state index contributed by atoms with van der Waals surface area (Å²) in [6.07, 6.45) is 1.76. The number of nitrogens with zero attached hydrogens (tertiary/aromatic N) is 2. The number of aryl methyl sites for hydroxylation is 1. The van der Waals surface area contributed by atoms with Crippen molar-refractivity contribution in [1.29, 1.82) is 0 Å². The Morgan fingerprint density at radius 3 is 2.88 bits per heavy atom. The monoisotopic (exact) mass is 228 g/mol. The van der Waals surface area contributed by atoms with E-state index in [1.54, 1.807) is 4.68 Å². The zero-order valence-corrected chi connectivity index (χ0v) is 9.30. The molecule has 1 aliphatic heterocycles. The Balaban J connectivity index is 2.17. The predicted octanol–water partition coefficient (Wildman–Crippen LogP) is 2.15. The lowest BCUT2D eigenvalue weighted by Gasteiger charge is -2.14. The second kappa shape index (κ2) is 4.05. The van der Waals surface area contributed by atoms with Crippen LogP contribution in [-0.4, -0.2) is 22.7 Å². The SMILES string of the molecule is O=Cc1c(-c2ccccc2)nn2c1OCCC2. The van der Waals surface area contributed by atoms with E-state index < -0.39 is 0 Å². The highest BCUT2D eigenvalue weighted by Crippen LogP contribution is 2.30. The molecule has 86 valence electrons. The van der Waals surface area contributed by atoms with Crippen LogP contribution in [0, 0.1) is 0 Å². The van der Waals surface area contributed by atoms with Crippen LogP contribution < -0.4 is 4.74 Å². The van der Waals surface area contributed by atoms with Gasteiger partial charge in [0.05, 0.1) is 6.61 Å². The summed E-state index contributed by atoms with van der Waals surface area (Å²) >= 11 is 0. The van der Waals surface area contributed by atoms with Crippen LogP contribution in [0.15, 0.2) is 30.3 Å². The number of carbonyl (C=O) groups excluding carboxylic acids is 1. The fourth-order valence-corrected chi connectivity index (χ4v) is 2.06. The summed E-state index contributed by atoms with van der Waals surface area (Å²) in [5.74, 6) is 0.602. The van der Waals surface area contributed by atoms with Gasteiger partial charge in [-0.25, -0.2) is 4.68 Å². The van der Waals surface area contributed by atoms with Crippen molar-refractivity contribution in [3.05, 3.63) is 35.9 Å². The number of hydrogen-bond donors (Lipinski definition) is 0. The fourth-order valence-electron chi connectivity index (χ4n) is 2.06. The summed E-state index contributed by atoms with van der Waals surface area (Å²) in [5.41, 5.74) is 2.20. The average Bonchev–Trinajstić information content (AvgIpc) is 2.78. The van der Waals surface area contributed by atoms with Crippen LogP contribution >= 0.6 is 0 Å². The second-order valence-corrected chi connectivity index (χ2v) is 3.98. The number of aldehydes is 1. The number of fused-ring (bicyclic) bond motifs is 1. The molecule has 0 radical (unpaired) electrons. The molecule has 0 amide bonds. The number of rotatable bonds is 2. The summed E-state index contributed by atoms with van der Waals surface area (Å²) in [7, 11) is 0. The van der Waals surface area contributed by atoms with Crippen molar-refractivity contribution < 1.29 is 9.53 Å². The topological polar surface area (TPSA) is 44.1 Å². The van der Waals surface area contributed by atoms with Gasteiger partial charge in [-0.15, -0.1) is 0 Å². The minimum Gasteiger partial charge on any atom is -0.477 e. The fraction of sp³-hybridized carbons (Fsp3) is 0.231. The van der Waals surface area contributed by atoms with E-state index in [4.69, 9.17) is 4.74 Å². The van der Waals surface area contributed by atoms with Gasteiger partial charge in [0.2, 0.25) is 5.88 Å². The molecule has 2 aromatic rings. The first kappa shape index (κ1) is 10.1. The van der Waals surface area contributed by atoms with Crippen LogP contribution in [0.5, 0.6) is 5.88 Å². The molecule has 0 bridgehead atoms. The van der Waals surface area contributed by atoms with Crippen molar-refractivity contribution in [3.63, 3.8) is 0 Å². The van der Waals surface area contributed by atoms with Gasteiger partial charge in [-0.3, -0.25) is 4.79 Å². The third-order valence-electron chi connectivity index (χ3n) is 2.86. The predicted molar refractivity (Wildman–Crippen MR) is 63.2 cm³/mol. The Hall–Kier alpha value is -2.10. The zero-order chi connectivity index (χ0) is 11.7. The molecule has 0 unspecified atom stereocenters. The van der Waals surface area contributed by atoms with Crippen LogP contribution in [0.3, 0.4) is 0 Å². The first-order chi connectivity index (χ1) is 8.40. The van der Waals surface area contributed by atoms with E-state index in [1.807, 2.05) is 30.3 Å². The highest BCUT2D eigenvalue weighted by molar-refractivity contribution is 5.88. The normalized spacial score (nSPS) is 13.9. The molecule has 0 N–H and O–H groups in total. The molecule has 1 aromatic heterocycles. The highest BCUT2D eigenvalue weighted by Gasteiger charge is 2.22. The number of carbonyl (C=O) groups is 1. The van der Waals surface area contributed by atoms with Crippen LogP contribution in [0.4, 0.5) is 0 Å². The van der Waals surface area contributed by atoms with E-state index in [0.29, 0.717) is 23.7 Å². The Labute approximate surface area is 98.8 Å². The van der Waals surface area contributed by atoms with E-state index in [0.717, 1.165) is 24.8 Å². The van der Waals surface area contributed by atoms with E-state index in [9.17, 15) is 4.79 Å². The number of ether oxygens (including phenoxy) is 1. The summed E-state index contributed by atoms with van der Waals surface area (Å²) in [6.45, 7) is 1.46. The molecule has 0 saturated heterocycles. The van der Waals surface area contributed by atoms with Gasteiger partial charge < -0.3 is 4.74 Å². The largest absolute Gasteiger partial charge is 0.477 e. The second-order valence-electron chi connectivity index (χ2n) is 3.98. The standard InChI is InChI=1S/C13H12N2O2/c16-9-11-12(10-5-2-1-3-6-10)14-15-7-4-8-17-13(11)15/h1-3,5-6,9H,4,7-8H2. The van der Waals surface area contributed by atoms with Gasteiger partial charge in [-0.05, 0) is 0 Å². The number of hydrogen-bond acceptors (Lipinski definition) is 3. The molecule has 0 saturated carbocycles.